The predicted molar refractivity (Wildman–Crippen MR) is 115 cm³/mol. The van der Waals surface area contributed by atoms with E-state index >= 15 is 0 Å². The van der Waals surface area contributed by atoms with Crippen molar-refractivity contribution >= 4 is 15.9 Å². The fraction of sp³-hybridized carbons (Fsp3) is 0.348. The van der Waals surface area contributed by atoms with Crippen molar-refractivity contribution in [3.05, 3.63) is 61.2 Å². The Morgan fingerprint density at radius 3 is 2.43 bits per heavy atom. The molecule has 0 spiro atoms. The molecule has 1 saturated carbocycles. The summed E-state index contributed by atoms with van der Waals surface area (Å²) in [5, 5.41) is 0. The Kier molecular flexibility index (Phi) is 5.69. The summed E-state index contributed by atoms with van der Waals surface area (Å²) in [6.07, 6.45) is 2.29. The molecule has 30 heavy (non-hydrogen) atoms. The summed E-state index contributed by atoms with van der Waals surface area (Å²) >= 11 is 0. The molecule has 0 aromatic heterocycles. The molecule has 0 radical (unpaired) electrons. The van der Waals surface area contributed by atoms with Crippen LogP contribution in [0.25, 0.3) is 0 Å². The van der Waals surface area contributed by atoms with Gasteiger partial charge in [-0.25, -0.2) is 13.1 Å². The van der Waals surface area contributed by atoms with E-state index in [9.17, 15) is 13.2 Å². The zero-order valence-corrected chi connectivity index (χ0v) is 18.5. The van der Waals surface area contributed by atoms with Crippen molar-refractivity contribution in [2.24, 2.45) is 16.7 Å². The van der Waals surface area contributed by atoms with Gasteiger partial charge in [0.15, 0.2) is 0 Å². The van der Waals surface area contributed by atoms with Crippen LogP contribution in [-0.4, -0.2) is 21.4 Å². The molecular formula is C23H27NO5S. The molecule has 2 atom stereocenters. The van der Waals surface area contributed by atoms with Gasteiger partial charge in [-0.05, 0) is 42.0 Å². The summed E-state index contributed by atoms with van der Waals surface area (Å²) < 4.78 is 39.5. The van der Waals surface area contributed by atoms with E-state index in [2.05, 4.69) is 11.3 Å². The molecule has 0 heterocycles. The maximum absolute atomic E-state index is 13.1. The van der Waals surface area contributed by atoms with Gasteiger partial charge in [-0.3, -0.25) is 4.79 Å². The lowest BCUT2D eigenvalue weighted by molar-refractivity contribution is -0.128. The Morgan fingerprint density at radius 1 is 1.17 bits per heavy atom. The summed E-state index contributed by atoms with van der Waals surface area (Å²) in [5.74, 6) is 0.542. The molecule has 1 N–H and O–H groups in total. The molecule has 0 bridgehead atoms. The van der Waals surface area contributed by atoms with Crippen LogP contribution in [0.3, 0.4) is 0 Å². The van der Waals surface area contributed by atoms with Crippen LogP contribution in [0.15, 0.2) is 66.1 Å². The largest absolute Gasteiger partial charge is 0.497 e. The Balaban J connectivity index is 1.90. The lowest BCUT2D eigenvalue weighted by Crippen LogP contribution is -2.43. The van der Waals surface area contributed by atoms with Gasteiger partial charge in [-0.1, -0.05) is 45.0 Å². The summed E-state index contributed by atoms with van der Waals surface area (Å²) in [6.45, 7) is 9.58. The van der Waals surface area contributed by atoms with Gasteiger partial charge in [0.2, 0.25) is 5.91 Å². The molecule has 3 rings (SSSR count). The highest BCUT2D eigenvalue weighted by molar-refractivity contribution is 7.90. The molecule has 2 aromatic rings. The van der Waals surface area contributed by atoms with Crippen molar-refractivity contribution in [3.8, 4) is 17.2 Å². The monoisotopic (exact) mass is 429 g/mol. The van der Waals surface area contributed by atoms with Crippen molar-refractivity contribution in [1.82, 2.24) is 4.72 Å². The molecule has 1 aliphatic carbocycles. The Hall–Kier alpha value is -2.80. The number of allylic oxidation sites excluding steroid dienone is 1. The van der Waals surface area contributed by atoms with Crippen molar-refractivity contribution < 1.29 is 22.7 Å². The minimum Gasteiger partial charge on any atom is -0.497 e. The second kappa shape index (κ2) is 7.80. The lowest BCUT2D eigenvalue weighted by atomic mass is 9.75. The van der Waals surface area contributed by atoms with E-state index in [4.69, 9.17) is 9.47 Å². The van der Waals surface area contributed by atoms with Gasteiger partial charge in [-0.2, -0.15) is 0 Å². The topological polar surface area (TPSA) is 81.7 Å². The molecule has 2 aromatic carbocycles. The van der Waals surface area contributed by atoms with E-state index in [1.807, 2.05) is 20.8 Å². The molecular weight excluding hydrogens is 402 g/mol. The molecule has 160 valence electrons. The SMILES string of the molecule is C=C[C@@H]1C[C@@]1(C(=O)NS(=O)(=O)c1ccccc1Oc1cccc(OC)c1)C(C)(C)C. The number of para-hydroxylation sites is 1. The van der Waals surface area contributed by atoms with Crippen LogP contribution in [-0.2, 0) is 14.8 Å². The van der Waals surface area contributed by atoms with Crippen LogP contribution in [0.2, 0.25) is 0 Å². The first-order chi connectivity index (χ1) is 14.0. The zero-order chi connectivity index (χ0) is 22.2. The van der Waals surface area contributed by atoms with Gasteiger partial charge in [0.05, 0.1) is 12.5 Å². The number of methoxy groups -OCH3 is 1. The Morgan fingerprint density at radius 2 is 1.83 bits per heavy atom. The standard InChI is InChI=1S/C23H27NO5S/c1-6-16-15-23(16,22(2,3)4)21(25)24-30(26,27)20-13-8-7-12-19(20)29-18-11-9-10-17(14-18)28-5/h6-14,16H,1,15H2,2-5H3,(H,24,25)/t16-,23-/m1/s1. The van der Waals surface area contributed by atoms with Crippen molar-refractivity contribution in [2.75, 3.05) is 7.11 Å². The van der Waals surface area contributed by atoms with Crippen LogP contribution in [0, 0.1) is 16.7 Å². The molecule has 6 nitrogen and oxygen atoms in total. The van der Waals surface area contributed by atoms with E-state index in [1.165, 1.54) is 13.2 Å². The number of amides is 1. The Bertz CT molecular complexity index is 1070. The van der Waals surface area contributed by atoms with Crippen LogP contribution in [0.1, 0.15) is 27.2 Å². The highest BCUT2D eigenvalue weighted by Crippen LogP contribution is 2.64. The molecule has 1 aliphatic rings. The zero-order valence-electron chi connectivity index (χ0n) is 17.6. The minimum absolute atomic E-state index is 0.0593. The van der Waals surface area contributed by atoms with Crippen LogP contribution in [0.4, 0.5) is 0 Å². The fourth-order valence-electron chi connectivity index (χ4n) is 3.85. The van der Waals surface area contributed by atoms with E-state index in [0.29, 0.717) is 17.9 Å². The molecule has 7 heteroatoms. The first-order valence-electron chi connectivity index (χ1n) is 9.66. The van der Waals surface area contributed by atoms with Crippen LogP contribution < -0.4 is 14.2 Å². The first kappa shape index (κ1) is 21.9. The number of benzene rings is 2. The highest BCUT2D eigenvalue weighted by atomic mass is 32.2. The smallest absolute Gasteiger partial charge is 0.267 e. The normalized spacial score (nSPS) is 20.9. The van der Waals surface area contributed by atoms with Crippen molar-refractivity contribution in [2.45, 2.75) is 32.1 Å². The van der Waals surface area contributed by atoms with E-state index < -0.39 is 26.8 Å². The summed E-state index contributed by atoms with van der Waals surface area (Å²) in [7, 11) is -2.62. The Labute approximate surface area is 178 Å². The first-order valence-corrected chi connectivity index (χ1v) is 11.1. The highest BCUT2D eigenvalue weighted by Gasteiger charge is 2.65. The fourth-order valence-corrected chi connectivity index (χ4v) is 5.02. The molecule has 0 saturated heterocycles. The second-order valence-corrected chi connectivity index (χ2v) is 10.1. The predicted octanol–water partition coefficient (Wildman–Crippen LogP) is 4.53. The average Bonchev–Trinajstić information content (AvgIpc) is 3.44. The number of carbonyl (C=O) groups is 1. The lowest BCUT2D eigenvalue weighted by Gasteiger charge is -2.30. The second-order valence-electron chi connectivity index (χ2n) is 8.43. The van der Waals surface area contributed by atoms with Gasteiger partial charge in [0.25, 0.3) is 10.0 Å². The third-order valence-electron chi connectivity index (χ3n) is 5.68. The third kappa shape index (κ3) is 3.94. The van der Waals surface area contributed by atoms with Crippen molar-refractivity contribution in [3.63, 3.8) is 0 Å². The van der Waals surface area contributed by atoms with Crippen LogP contribution >= 0.6 is 0 Å². The van der Waals surface area contributed by atoms with Crippen LogP contribution in [0.5, 0.6) is 17.2 Å². The summed E-state index contributed by atoms with van der Waals surface area (Å²) in [5.41, 5.74) is -1.22. The van der Waals surface area contributed by atoms with Gasteiger partial charge < -0.3 is 9.47 Å². The van der Waals surface area contributed by atoms with Crippen molar-refractivity contribution in [1.29, 1.82) is 0 Å². The van der Waals surface area contributed by atoms with Gasteiger partial charge >= 0.3 is 0 Å². The number of carbonyl (C=O) groups excluding carboxylic acids is 1. The van der Waals surface area contributed by atoms with Gasteiger partial charge in [0, 0.05) is 6.07 Å². The molecule has 0 unspecified atom stereocenters. The number of hydrogen-bond donors (Lipinski definition) is 1. The van der Waals surface area contributed by atoms with E-state index in [-0.39, 0.29) is 16.6 Å². The van der Waals surface area contributed by atoms with Gasteiger partial charge in [-0.15, -0.1) is 6.58 Å². The third-order valence-corrected chi connectivity index (χ3v) is 7.05. The summed E-state index contributed by atoms with van der Waals surface area (Å²) in [4.78, 5) is 13.0. The number of nitrogens with one attached hydrogen (secondary N) is 1. The van der Waals surface area contributed by atoms with Gasteiger partial charge in [0.1, 0.15) is 22.1 Å². The number of hydrogen-bond acceptors (Lipinski definition) is 5. The quantitative estimate of drug-likeness (QED) is 0.654. The summed E-state index contributed by atoms with van der Waals surface area (Å²) in [6, 6.07) is 13.0. The average molecular weight is 430 g/mol. The molecule has 1 fully saturated rings. The maximum Gasteiger partial charge on any atom is 0.267 e. The number of ether oxygens (including phenoxy) is 2. The minimum atomic E-state index is -4.15. The molecule has 1 amide bonds. The number of rotatable bonds is 7. The maximum atomic E-state index is 13.1. The van der Waals surface area contributed by atoms with E-state index in [0.717, 1.165) is 0 Å². The van der Waals surface area contributed by atoms with E-state index in [1.54, 1.807) is 48.5 Å². The number of sulfonamides is 1. The molecule has 0 aliphatic heterocycles.